The molecule has 2 atom stereocenters. The molecule has 5 nitrogen and oxygen atoms in total. The summed E-state index contributed by atoms with van der Waals surface area (Å²) in [5, 5.41) is 11.8. The fourth-order valence-corrected chi connectivity index (χ4v) is 2.80. The van der Waals surface area contributed by atoms with Crippen LogP contribution in [0, 0.1) is 17.6 Å². The molecule has 7 heteroatoms. The smallest absolute Gasteiger partial charge is 0.326 e. The Bertz CT molecular complexity index is 588. The highest BCUT2D eigenvalue weighted by atomic mass is 19.2. The van der Waals surface area contributed by atoms with Crippen molar-refractivity contribution >= 4 is 11.9 Å². The minimum atomic E-state index is -1.07. The number of aliphatic carboxylic acids is 1. The average molecular weight is 341 g/mol. The van der Waals surface area contributed by atoms with Crippen molar-refractivity contribution in [3.05, 3.63) is 35.4 Å². The number of hydrogen-bond donors (Lipinski definition) is 2. The second-order valence-corrected chi connectivity index (χ2v) is 5.96. The molecule has 0 aromatic heterocycles. The Hall–Kier alpha value is -2.02. The molecule has 0 radical (unpaired) electrons. The van der Waals surface area contributed by atoms with Crippen molar-refractivity contribution in [2.45, 2.75) is 38.1 Å². The van der Waals surface area contributed by atoms with Crippen LogP contribution in [0.1, 0.15) is 31.2 Å². The van der Waals surface area contributed by atoms with Gasteiger partial charge in [-0.1, -0.05) is 6.07 Å². The van der Waals surface area contributed by atoms with Gasteiger partial charge in [-0.15, -0.1) is 0 Å². The van der Waals surface area contributed by atoms with Gasteiger partial charge in [-0.05, 0) is 43.4 Å². The predicted octanol–water partition coefficient (Wildman–Crippen LogP) is 2.28. The van der Waals surface area contributed by atoms with Gasteiger partial charge in [0.1, 0.15) is 6.04 Å². The third-order valence-corrected chi connectivity index (χ3v) is 4.10. The number of nitrogens with one attached hydrogen (secondary N) is 1. The van der Waals surface area contributed by atoms with Gasteiger partial charge in [-0.2, -0.15) is 0 Å². The molecule has 1 fully saturated rings. The second-order valence-electron chi connectivity index (χ2n) is 5.96. The summed E-state index contributed by atoms with van der Waals surface area (Å²) in [4.78, 5) is 23.3. The summed E-state index contributed by atoms with van der Waals surface area (Å²) >= 11 is 0. The number of amides is 1. The quantitative estimate of drug-likeness (QED) is 0.798. The van der Waals surface area contributed by atoms with Crippen molar-refractivity contribution in [2.75, 3.05) is 13.2 Å². The SMILES string of the molecule is O=C(CCCc1ccc(F)c(F)c1)NC(C(=O)O)C1CCCOC1. The molecule has 2 unspecified atom stereocenters. The first kappa shape index (κ1) is 18.3. The van der Waals surface area contributed by atoms with Gasteiger partial charge in [-0.3, -0.25) is 4.79 Å². The van der Waals surface area contributed by atoms with E-state index >= 15 is 0 Å². The molecule has 0 bridgehead atoms. The van der Waals surface area contributed by atoms with Crippen molar-refractivity contribution in [1.29, 1.82) is 0 Å². The molecule has 1 aliphatic rings. The summed E-state index contributed by atoms with van der Waals surface area (Å²) in [7, 11) is 0. The molecule has 0 aliphatic carbocycles. The largest absolute Gasteiger partial charge is 0.480 e. The van der Waals surface area contributed by atoms with E-state index in [1.165, 1.54) is 6.07 Å². The third-order valence-electron chi connectivity index (χ3n) is 4.10. The average Bonchev–Trinajstić information content (AvgIpc) is 2.56. The highest BCUT2D eigenvalue weighted by molar-refractivity contribution is 5.83. The number of hydrogen-bond acceptors (Lipinski definition) is 3. The number of carbonyl (C=O) groups excluding carboxylic acids is 1. The maximum absolute atomic E-state index is 13.1. The normalized spacial score (nSPS) is 18.8. The maximum atomic E-state index is 13.1. The van der Waals surface area contributed by atoms with E-state index in [9.17, 15) is 23.5 Å². The minimum absolute atomic E-state index is 0.121. The lowest BCUT2D eigenvalue weighted by Crippen LogP contribution is -2.48. The van der Waals surface area contributed by atoms with Gasteiger partial charge in [0.15, 0.2) is 11.6 Å². The van der Waals surface area contributed by atoms with Gasteiger partial charge in [0.2, 0.25) is 5.91 Å². The van der Waals surface area contributed by atoms with Crippen LogP contribution in [0.25, 0.3) is 0 Å². The first-order chi connectivity index (χ1) is 11.5. The summed E-state index contributed by atoms with van der Waals surface area (Å²) in [6.45, 7) is 0.942. The van der Waals surface area contributed by atoms with E-state index in [0.29, 0.717) is 38.0 Å². The summed E-state index contributed by atoms with van der Waals surface area (Å²) in [6.07, 6.45) is 2.43. The van der Waals surface area contributed by atoms with Crippen LogP contribution in [-0.4, -0.2) is 36.2 Å². The summed E-state index contributed by atoms with van der Waals surface area (Å²) in [5.74, 6) is -3.49. The van der Waals surface area contributed by atoms with E-state index in [-0.39, 0.29) is 18.2 Å². The molecule has 1 aromatic carbocycles. The van der Waals surface area contributed by atoms with E-state index in [2.05, 4.69) is 5.32 Å². The van der Waals surface area contributed by atoms with E-state index in [4.69, 9.17) is 4.74 Å². The van der Waals surface area contributed by atoms with Gasteiger partial charge in [0, 0.05) is 18.9 Å². The Labute approximate surface area is 139 Å². The fraction of sp³-hybridized carbons (Fsp3) is 0.529. The van der Waals surface area contributed by atoms with Crippen molar-refractivity contribution in [1.82, 2.24) is 5.32 Å². The molecule has 2 rings (SSSR count). The van der Waals surface area contributed by atoms with Gasteiger partial charge >= 0.3 is 5.97 Å². The highest BCUT2D eigenvalue weighted by Crippen LogP contribution is 2.18. The zero-order valence-corrected chi connectivity index (χ0v) is 13.3. The molecule has 1 heterocycles. The number of carboxylic acid groups (broad SMARTS) is 1. The molecule has 1 saturated heterocycles. The lowest BCUT2D eigenvalue weighted by Gasteiger charge is -2.28. The van der Waals surface area contributed by atoms with Crippen molar-refractivity contribution < 1.29 is 28.2 Å². The molecular weight excluding hydrogens is 320 g/mol. The van der Waals surface area contributed by atoms with Crippen LogP contribution in [0.4, 0.5) is 8.78 Å². The predicted molar refractivity (Wildman–Crippen MR) is 82.4 cm³/mol. The lowest BCUT2D eigenvalue weighted by molar-refractivity contribution is -0.145. The fourth-order valence-electron chi connectivity index (χ4n) is 2.80. The summed E-state index contributed by atoms with van der Waals surface area (Å²) < 4.78 is 31.2. The molecule has 2 N–H and O–H groups in total. The Morgan fingerprint density at radius 2 is 2.12 bits per heavy atom. The number of aryl methyl sites for hydroxylation is 1. The van der Waals surface area contributed by atoms with Crippen LogP contribution in [0.2, 0.25) is 0 Å². The lowest BCUT2D eigenvalue weighted by atomic mass is 9.93. The van der Waals surface area contributed by atoms with E-state index < -0.39 is 23.6 Å². The van der Waals surface area contributed by atoms with Gasteiger partial charge in [-0.25, -0.2) is 13.6 Å². The van der Waals surface area contributed by atoms with Crippen molar-refractivity contribution in [3.63, 3.8) is 0 Å². The number of carbonyl (C=O) groups is 2. The van der Waals surface area contributed by atoms with Crippen molar-refractivity contribution in [2.24, 2.45) is 5.92 Å². The van der Waals surface area contributed by atoms with Crippen LogP contribution in [0.5, 0.6) is 0 Å². The van der Waals surface area contributed by atoms with Crippen molar-refractivity contribution in [3.8, 4) is 0 Å². The molecule has 1 amide bonds. The second kappa shape index (κ2) is 8.73. The summed E-state index contributed by atoms with van der Waals surface area (Å²) in [6, 6.07) is 2.66. The standard InChI is InChI=1S/C17H21F2NO4/c18-13-7-6-11(9-14(13)19)3-1-5-15(21)20-16(17(22)23)12-4-2-8-24-10-12/h6-7,9,12,16H,1-5,8,10H2,(H,20,21)(H,22,23). The van der Waals surface area contributed by atoms with E-state index in [1.807, 2.05) is 0 Å². The molecule has 24 heavy (non-hydrogen) atoms. The molecule has 0 spiro atoms. The summed E-state index contributed by atoms with van der Waals surface area (Å²) in [5.41, 5.74) is 0.595. The maximum Gasteiger partial charge on any atom is 0.326 e. The van der Waals surface area contributed by atoms with Crippen LogP contribution in [0.3, 0.4) is 0 Å². The van der Waals surface area contributed by atoms with Gasteiger partial charge < -0.3 is 15.2 Å². The van der Waals surface area contributed by atoms with Gasteiger partial charge in [0.05, 0.1) is 6.61 Å². The number of halogens is 2. The third kappa shape index (κ3) is 5.26. The number of rotatable bonds is 7. The zero-order chi connectivity index (χ0) is 17.5. The zero-order valence-electron chi connectivity index (χ0n) is 13.3. The molecular formula is C17H21F2NO4. The molecule has 0 saturated carbocycles. The topological polar surface area (TPSA) is 75.6 Å². The van der Waals surface area contributed by atoms with E-state index in [1.54, 1.807) is 0 Å². The highest BCUT2D eigenvalue weighted by Gasteiger charge is 2.31. The Kier molecular flexibility index (Phi) is 6.66. The van der Waals surface area contributed by atoms with Crippen LogP contribution >= 0.6 is 0 Å². The van der Waals surface area contributed by atoms with Crippen LogP contribution in [0.15, 0.2) is 18.2 Å². The minimum Gasteiger partial charge on any atom is -0.480 e. The Balaban J connectivity index is 1.80. The number of carboxylic acids is 1. The molecule has 1 aromatic rings. The van der Waals surface area contributed by atoms with Crippen LogP contribution < -0.4 is 5.32 Å². The van der Waals surface area contributed by atoms with Gasteiger partial charge in [0.25, 0.3) is 0 Å². The Morgan fingerprint density at radius 1 is 1.33 bits per heavy atom. The number of ether oxygens (including phenoxy) is 1. The molecule has 132 valence electrons. The van der Waals surface area contributed by atoms with Crippen LogP contribution in [-0.2, 0) is 20.7 Å². The molecule has 1 aliphatic heterocycles. The number of benzene rings is 1. The monoisotopic (exact) mass is 341 g/mol. The Morgan fingerprint density at radius 3 is 2.75 bits per heavy atom. The first-order valence-corrected chi connectivity index (χ1v) is 8.01. The van der Waals surface area contributed by atoms with E-state index in [0.717, 1.165) is 18.6 Å². The first-order valence-electron chi connectivity index (χ1n) is 8.01.